The topological polar surface area (TPSA) is 56.8 Å². The monoisotopic (exact) mass is 445 g/mol. The molecule has 1 N–H and O–H groups in total. The molecule has 3 aromatic carbocycles. The molecule has 1 amide bonds. The van der Waals surface area contributed by atoms with Gasteiger partial charge in [0.15, 0.2) is 11.5 Å². The van der Waals surface area contributed by atoms with Crippen molar-refractivity contribution < 1.29 is 32.2 Å². The van der Waals surface area contributed by atoms with E-state index >= 15 is 0 Å². The zero-order chi connectivity index (χ0) is 23.1. The minimum Gasteiger partial charge on any atom is -0.493 e. The molecule has 0 saturated heterocycles. The molecule has 3 aromatic rings. The molecule has 0 heterocycles. The van der Waals surface area contributed by atoms with Gasteiger partial charge in [-0.2, -0.15) is 13.2 Å². The third kappa shape index (κ3) is 5.72. The second kappa shape index (κ2) is 10.1. The van der Waals surface area contributed by atoms with Crippen LogP contribution in [-0.4, -0.2) is 20.1 Å². The van der Waals surface area contributed by atoms with Gasteiger partial charge in [0.1, 0.15) is 6.61 Å². The van der Waals surface area contributed by atoms with Gasteiger partial charge in [0.25, 0.3) is 5.91 Å². The van der Waals surface area contributed by atoms with Crippen LogP contribution in [0.5, 0.6) is 17.2 Å². The number of nitrogens with one attached hydrogen (secondary N) is 1. The summed E-state index contributed by atoms with van der Waals surface area (Å²) in [7, 11) is 2.90. The van der Waals surface area contributed by atoms with E-state index in [2.05, 4.69) is 5.32 Å². The Labute approximate surface area is 183 Å². The van der Waals surface area contributed by atoms with Crippen LogP contribution in [0.1, 0.15) is 27.0 Å². The predicted molar refractivity (Wildman–Crippen MR) is 113 cm³/mol. The van der Waals surface area contributed by atoms with Crippen LogP contribution in [0.25, 0.3) is 0 Å². The van der Waals surface area contributed by atoms with E-state index in [-0.39, 0.29) is 18.7 Å². The molecule has 0 aliphatic carbocycles. The molecule has 0 saturated carbocycles. The Morgan fingerprint density at radius 2 is 1.47 bits per heavy atom. The van der Waals surface area contributed by atoms with E-state index in [0.717, 1.165) is 17.7 Å². The zero-order valence-corrected chi connectivity index (χ0v) is 17.5. The number of hydrogen-bond acceptors (Lipinski definition) is 4. The van der Waals surface area contributed by atoms with E-state index in [1.807, 2.05) is 30.3 Å². The molecule has 32 heavy (non-hydrogen) atoms. The summed E-state index contributed by atoms with van der Waals surface area (Å²) in [6.45, 7) is 0.348. The Balaban J connectivity index is 1.72. The lowest BCUT2D eigenvalue weighted by atomic mass is 10.1. The molecule has 0 atom stereocenters. The van der Waals surface area contributed by atoms with Gasteiger partial charge in [0.2, 0.25) is 5.75 Å². The minimum atomic E-state index is -4.40. The van der Waals surface area contributed by atoms with Crippen molar-refractivity contribution in [1.82, 2.24) is 5.32 Å². The van der Waals surface area contributed by atoms with Gasteiger partial charge in [0.05, 0.1) is 19.8 Å². The summed E-state index contributed by atoms with van der Waals surface area (Å²) in [5.41, 5.74) is 1.01. The van der Waals surface area contributed by atoms with Gasteiger partial charge in [-0.15, -0.1) is 0 Å². The smallest absolute Gasteiger partial charge is 0.416 e. The Kier molecular flexibility index (Phi) is 7.25. The molecule has 0 aliphatic rings. The number of methoxy groups -OCH3 is 2. The molecule has 0 aliphatic heterocycles. The highest BCUT2D eigenvalue weighted by Gasteiger charge is 2.29. The maximum absolute atomic E-state index is 12.7. The fourth-order valence-electron chi connectivity index (χ4n) is 2.98. The highest BCUT2D eigenvalue weighted by Crippen LogP contribution is 2.39. The lowest BCUT2D eigenvalue weighted by Crippen LogP contribution is -2.23. The number of benzene rings is 3. The van der Waals surface area contributed by atoms with Gasteiger partial charge >= 0.3 is 6.18 Å². The summed E-state index contributed by atoms with van der Waals surface area (Å²) in [6.07, 6.45) is -4.40. The fraction of sp³-hybridized carbons (Fsp3) is 0.208. The summed E-state index contributed by atoms with van der Waals surface area (Å²) >= 11 is 0. The first-order valence-electron chi connectivity index (χ1n) is 9.69. The van der Waals surface area contributed by atoms with Crippen LogP contribution in [0, 0.1) is 0 Å². The van der Waals surface area contributed by atoms with Gasteiger partial charge in [0, 0.05) is 12.1 Å². The van der Waals surface area contributed by atoms with Crippen LogP contribution >= 0.6 is 0 Å². The van der Waals surface area contributed by atoms with Crippen LogP contribution in [-0.2, 0) is 19.3 Å². The Hall–Kier alpha value is -3.68. The molecule has 0 radical (unpaired) electrons. The normalized spacial score (nSPS) is 11.0. The molecule has 0 fully saturated rings. The standard InChI is InChI=1S/C24H22F3NO4/c1-30-20-12-18(13-21(31-2)22(20)32-15-17-6-4-3-5-7-17)23(29)28-14-16-8-10-19(11-9-16)24(25,26)27/h3-13H,14-15H2,1-2H3,(H,28,29). The average molecular weight is 445 g/mol. The number of alkyl halides is 3. The second-order valence-corrected chi connectivity index (χ2v) is 6.86. The van der Waals surface area contributed by atoms with E-state index in [1.165, 1.54) is 38.5 Å². The largest absolute Gasteiger partial charge is 0.493 e. The number of halogens is 3. The SMILES string of the molecule is COc1cc(C(=O)NCc2ccc(C(F)(F)F)cc2)cc(OC)c1OCc1ccccc1. The maximum Gasteiger partial charge on any atom is 0.416 e. The fourth-order valence-corrected chi connectivity index (χ4v) is 2.98. The molecule has 0 unspecified atom stereocenters. The van der Waals surface area contributed by atoms with Crippen LogP contribution in [0.3, 0.4) is 0 Å². The van der Waals surface area contributed by atoms with Crippen molar-refractivity contribution >= 4 is 5.91 Å². The van der Waals surface area contributed by atoms with E-state index < -0.39 is 17.6 Å². The number of carbonyl (C=O) groups is 1. The molecule has 168 valence electrons. The summed E-state index contributed by atoms with van der Waals surface area (Å²) < 4.78 is 54.7. The van der Waals surface area contributed by atoms with Crippen molar-refractivity contribution in [1.29, 1.82) is 0 Å². The first kappa shape index (κ1) is 23.0. The van der Waals surface area contributed by atoms with Crippen molar-refractivity contribution in [2.24, 2.45) is 0 Å². The van der Waals surface area contributed by atoms with Crippen molar-refractivity contribution in [2.45, 2.75) is 19.3 Å². The van der Waals surface area contributed by atoms with Crippen molar-refractivity contribution in [2.75, 3.05) is 14.2 Å². The van der Waals surface area contributed by atoms with Crippen LogP contribution < -0.4 is 19.5 Å². The number of amides is 1. The van der Waals surface area contributed by atoms with Gasteiger partial charge in [-0.1, -0.05) is 42.5 Å². The molecule has 8 heteroatoms. The summed E-state index contributed by atoms with van der Waals surface area (Å²) in [5, 5.41) is 2.68. The van der Waals surface area contributed by atoms with Gasteiger partial charge in [-0.3, -0.25) is 4.79 Å². The molecular weight excluding hydrogens is 423 g/mol. The van der Waals surface area contributed by atoms with E-state index in [1.54, 1.807) is 0 Å². The Morgan fingerprint density at radius 1 is 0.875 bits per heavy atom. The van der Waals surface area contributed by atoms with Crippen molar-refractivity contribution in [3.8, 4) is 17.2 Å². The third-order valence-electron chi connectivity index (χ3n) is 4.68. The lowest BCUT2D eigenvalue weighted by Gasteiger charge is -2.16. The van der Waals surface area contributed by atoms with E-state index in [0.29, 0.717) is 22.8 Å². The van der Waals surface area contributed by atoms with E-state index in [9.17, 15) is 18.0 Å². The van der Waals surface area contributed by atoms with Crippen molar-refractivity contribution in [3.05, 3.63) is 89.0 Å². The third-order valence-corrected chi connectivity index (χ3v) is 4.68. The quantitative estimate of drug-likeness (QED) is 0.516. The average Bonchev–Trinajstić information content (AvgIpc) is 2.81. The molecule has 0 aromatic heterocycles. The van der Waals surface area contributed by atoms with Crippen molar-refractivity contribution in [3.63, 3.8) is 0 Å². The van der Waals surface area contributed by atoms with Crippen LogP contribution in [0.4, 0.5) is 13.2 Å². The minimum absolute atomic E-state index is 0.0634. The van der Waals surface area contributed by atoms with Crippen LogP contribution in [0.2, 0.25) is 0 Å². The lowest BCUT2D eigenvalue weighted by molar-refractivity contribution is -0.137. The summed E-state index contributed by atoms with van der Waals surface area (Å²) in [6, 6.07) is 17.2. The van der Waals surface area contributed by atoms with Crippen LogP contribution in [0.15, 0.2) is 66.7 Å². The molecule has 0 spiro atoms. The number of rotatable bonds is 8. The molecule has 3 rings (SSSR count). The highest BCUT2D eigenvalue weighted by molar-refractivity contribution is 5.95. The molecular formula is C24H22F3NO4. The summed E-state index contributed by atoms with van der Waals surface area (Å²) in [4.78, 5) is 12.6. The number of carbonyl (C=O) groups excluding carboxylic acids is 1. The molecule has 5 nitrogen and oxygen atoms in total. The predicted octanol–water partition coefficient (Wildman–Crippen LogP) is 5.23. The van der Waals surface area contributed by atoms with Gasteiger partial charge in [-0.25, -0.2) is 0 Å². The first-order valence-corrected chi connectivity index (χ1v) is 9.69. The zero-order valence-electron chi connectivity index (χ0n) is 17.5. The Morgan fingerprint density at radius 3 is 2.00 bits per heavy atom. The van der Waals surface area contributed by atoms with E-state index in [4.69, 9.17) is 14.2 Å². The maximum atomic E-state index is 12.7. The molecule has 0 bridgehead atoms. The summed E-state index contributed by atoms with van der Waals surface area (Å²) in [5.74, 6) is 0.564. The highest BCUT2D eigenvalue weighted by atomic mass is 19.4. The second-order valence-electron chi connectivity index (χ2n) is 6.86. The number of ether oxygens (including phenoxy) is 3. The first-order chi connectivity index (χ1) is 15.3. The van der Waals surface area contributed by atoms with Gasteiger partial charge in [-0.05, 0) is 35.4 Å². The number of hydrogen-bond donors (Lipinski definition) is 1. The Bertz CT molecular complexity index is 1030. The van der Waals surface area contributed by atoms with Gasteiger partial charge < -0.3 is 19.5 Å².